The number of hydrogen-bond acceptors (Lipinski definition) is 0. The molecule has 2 atom stereocenters. The van der Waals surface area contributed by atoms with Gasteiger partial charge in [-0.1, -0.05) is 99.3 Å². The van der Waals surface area contributed by atoms with Crippen LogP contribution >= 0.6 is 0 Å². The maximum absolute atomic E-state index is 2.48. The van der Waals surface area contributed by atoms with Crippen molar-refractivity contribution < 1.29 is 0 Å². The van der Waals surface area contributed by atoms with Crippen molar-refractivity contribution >= 4 is 0 Å². The van der Waals surface area contributed by atoms with E-state index >= 15 is 0 Å². The van der Waals surface area contributed by atoms with Crippen molar-refractivity contribution in [3.63, 3.8) is 0 Å². The fourth-order valence-corrected chi connectivity index (χ4v) is 2.89. The second-order valence-electron chi connectivity index (χ2n) is 6.97. The first-order valence-corrected chi connectivity index (χ1v) is 8.46. The van der Waals surface area contributed by atoms with Crippen LogP contribution in [0, 0.1) is 17.3 Å². The van der Waals surface area contributed by atoms with Gasteiger partial charge in [0, 0.05) is 0 Å². The van der Waals surface area contributed by atoms with E-state index in [0.717, 1.165) is 11.8 Å². The largest absolute Gasteiger partial charge is 0.0654 e. The minimum atomic E-state index is 0.513. The van der Waals surface area contributed by atoms with Gasteiger partial charge >= 0.3 is 0 Å². The van der Waals surface area contributed by atoms with Crippen LogP contribution in [-0.2, 0) is 0 Å². The van der Waals surface area contributed by atoms with E-state index < -0.39 is 0 Å². The van der Waals surface area contributed by atoms with E-state index in [1.165, 1.54) is 57.8 Å². The molecule has 0 amide bonds. The third-order valence-electron chi connectivity index (χ3n) is 5.25. The summed E-state index contributed by atoms with van der Waals surface area (Å²) in [7, 11) is 0. The minimum absolute atomic E-state index is 0.513. The predicted molar refractivity (Wildman–Crippen MR) is 85.0 cm³/mol. The van der Waals surface area contributed by atoms with Gasteiger partial charge in [-0.05, 0) is 17.3 Å². The SMILES string of the molecule is CCCCCCCCC(C)C(C)(C)C(C)CCC. The minimum Gasteiger partial charge on any atom is -0.0654 e. The second kappa shape index (κ2) is 9.87. The van der Waals surface area contributed by atoms with Gasteiger partial charge in [-0.3, -0.25) is 0 Å². The van der Waals surface area contributed by atoms with E-state index in [4.69, 9.17) is 0 Å². The molecule has 0 aromatic carbocycles. The molecule has 0 radical (unpaired) electrons. The molecule has 0 saturated carbocycles. The highest BCUT2D eigenvalue weighted by molar-refractivity contribution is 4.80. The normalized spacial score (nSPS) is 15.7. The Kier molecular flexibility index (Phi) is 9.87. The third-order valence-corrected chi connectivity index (χ3v) is 5.25. The van der Waals surface area contributed by atoms with Crippen LogP contribution in [0.4, 0.5) is 0 Å². The molecule has 0 aliphatic rings. The molecular weight excluding hydrogens is 216 g/mol. The van der Waals surface area contributed by atoms with E-state index in [2.05, 4.69) is 41.5 Å². The molecule has 0 aliphatic heterocycles. The lowest BCUT2D eigenvalue weighted by atomic mass is 9.68. The van der Waals surface area contributed by atoms with Crippen LogP contribution in [0.5, 0.6) is 0 Å². The molecule has 2 unspecified atom stereocenters. The molecule has 18 heavy (non-hydrogen) atoms. The van der Waals surface area contributed by atoms with Crippen LogP contribution in [-0.4, -0.2) is 0 Å². The first kappa shape index (κ1) is 18.0. The molecule has 0 aromatic rings. The zero-order chi connectivity index (χ0) is 14.0. The topological polar surface area (TPSA) is 0 Å². The summed E-state index contributed by atoms with van der Waals surface area (Å²) in [5.74, 6) is 1.72. The van der Waals surface area contributed by atoms with Gasteiger partial charge in [0.05, 0.1) is 0 Å². The Labute approximate surface area is 117 Å². The van der Waals surface area contributed by atoms with Gasteiger partial charge in [0.15, 0.2) is 0 Å². The van der Waals surface area contributed by atoms with Crippen LogP contribution in [0.1, 0.15) is 99.3 Å². The summed E-state index contributed by atoms with van der Waals surface area (Å²) in [6.07, 6.45) is 12.7. The zero-order valence-corrected chi connectivity index (χ0v) is 14.0. The van der Waals surface area contributed by atoms with Gasteiger partial charge in [-0.2, -0.15) is 0 Å². The van der Waals surface area contributed by atoms with Gasteiger partial charge in [0.25, 0.3) is 0 Å². The Morgan fingerprint density at radius 3 is 1.72 bits per heavy atom. The average Bonchev–Trinajstić information content (AvgIpc) is 2.33. The summed E-state index contributed by atoms with van der Waals surface area (Å²) in [5.41, 5.74) is 0.513. The van der Waals surface area contributed by atoms with E-state index in [1.807, 2.05) is 0 Å². The summed E-state index contributed by atoms with van der Waals surface area (Å²) >= 11 is 0. The molecule has 0 aliphatic carbocycles. The van der Waals surface area contributed by atoms with Crippen molar-refractivity contribution in [1.29, 1.82) is 0 Å². The number of rotatable bonds is 11. The van der Waals surface area contributed by atoms with E-state index in [1.54, 1.807) is 0 Å². The molecule has 0 heterocycles. The average molecular weight is 255 g/mol. The second-order valence-corrected chi connectivity index (χ2v) is 6.97. The maximum Gasteiger partial charge on any atom is -0.0303 e. The molecule has 0 saturated heterocycles. The van der Waals surface area contributed by atoms with E-state index in [9.17, 15) is 0 Å². The van der Waals surface area contributed by atoms with Crippen molar-refractivity contribution in [3.05, 3.63) is 0 Å². The fourth-order valence-electron chi connectivity index (χ4n) is 2.89. The van der Waals surface area contributed by atoms with Gasteiger partial charge in [-0.15, -0.1) is 0 Å². The standard InChI is InChI=1S/C18H38/c1-7-9-10-11-12-13-15-17(4)18(5,6)16(3)14-8-2/h16-17H,7-15H2,1-6H3. The lowest BCUT2D eigenvalue weighted by Gasteiger charge is -2.38. The molecular formula is C18H38. The third kappa shape index (κ3) is 6.81. The van der Waals surface area contributed by atoms with Crippen molar-refractivity contribution in [2.75, 3.05) is 0 Å². The highest BCUT2D eigenvalue weighted by atomic mass is 14.4. The Hall–Kier alpha value is 0. The Balaban J connectivity index is 3.81. The van der Waals surface area contributed by atoms with Gasteiger partial charge in [-0.25, -0.2) is 0 Å². The van der Waals surface area contributed by atoms with Crippen molar-refractivity contribution in [2.45, 2.75) is 99.3 Å². The van der Waals surface area contributed by atoms with Gasteiger partial charge < -0.3 is 0 Å². The monoisotopic (exact) mass is 254 g/mol. The Morgan fingerprint density at radius 1 is 0.667 bits per heavy atom. The summed E-state index contributed by atoms with van der Waals surface area (Å²) in [5, 5.41) is 0. The van der Waals surface area contributed by atoms with Gasteiger partial charge in [0.1, 0.15) is 0 Å². The summed E-state index contributed by atoms with van der Waals surface area (Å²) < 4.78 is 0. The summed E-state index contributed by atoms with van der Waals surface area (Å²) in [6.45, 7) is 14.5. The molecule has 0 nitrogen and oxygen atoms in total. The molecule has 0 spiro atoms. The van der Waals surface area contributed by atoms with E-state index in [-0.39, 0.29) is 0 Å². The molecule has 0 fully saturated rings. The first-order chi connectivity index (χ1) is 8.46. The van der Waals surface area contributed by atoms with Crippen molar-refractivity contribution in [1.82, 2.24) is 0 Å². The first-order valence-electron chi connectivity index (χ1n) is 8.46. The van der Waals surface area contributed by atoms with Crippen LogP contribution in [0.15, 0.2) is 0 Å². The van der Waals surface area contributed by atoms with Crippen LogP contribution < -0.4 is 0 Å². The van der Waals surface area contributed by atoms with E-state index in [0.29, 0.717) is 5.41 Å². The van der Waals surface area contributed by atoms with Crippen LogP contribution in [0.2, 0.25) is 0 Å². The molecule has 110 valence electrons. The van der Waals surface area contributed by atoms with Crippen LogP contribution in [0.3, 0.4) is 0 Å². The molecule has 0 N–H and O–H groups in total. The lowest BCUT2D eigenvalue weighted by Crippen LogP contribution is -2.29. The summed E-state index contributed by atoms with van der Waals surface area (Å²) in [4.78, 5) is 0. The smallest absolute Gasteiger partial charge is 0.0303 e. The highest BCUT2D eigenvalue weighted by Crippen LogP contribution is 2.39. The molecule has 0 aromatic heterocycles. The summed E-state index contributed by atoms with van der Waals surface area (Å²) in [6, 6.07) is 0. The molecule has 0 heteroatoms. The van der Waals surface area contributed by atoms with Crippen molar-refractivity contribution in [3.8, 4) is 0 Å². The Morgan fingerprint density at radius 2 is 1.17 bits per heavy atom. The van der Waals surface area contributed by atoms with Gasteiger partial charge in [0.2, 0.25) is 0 Å². The molecule has 0 bridgehead atoms. The zero-order valence-electron chi connectivity index (χ0n) is 14.0. The molecule has 0 rings (SSSR count). The number of hydrogen-bond donors (Lipinski definition) is 0. The fraction of sp³-hybridized carbons (Fsp3) is 1.00. The van der Waals surface area contributed by atoms with Crippen LogP contribution in [0.25, 0.3) is 0 Å². The maximum atomic E-state index is 2.48. The Bertz CT molecular complexity index is 180. The lowest BCUT2D eigenvalue weighted by molar-refractivity contribution is 0.120. The quantitative estimate of drug-likeness (QED) is 0.354. The number of unbranched alkanes of at least 4 members (excludes halogenated alkanes) is 5. The highest BCUT2D eigenvalue weighted by Gasteiger charge is 2.30. The predicted octanol–water partition coefficient (Wildman–Crippen LogP) is 6.84. The van der Waals surface area contributed by atoms with Crippen molar-refractivity contribution in [2.24, 2.45) is 17.3 Å².